The first kappa shape index (κ1) is 15.8. The summed E-state index contributed by atoms with van der Waals surface area (Å²) in [7, 11) is 0. The van der Waals surface area contributed by atoms with Gasteiger partial charge in [-0.25, -0.2) is 4.98 Å². The summed E-state index contributed by atoms with van der Waals surface area (Å²) in [6.45, 7) is 3.44. The molecule has 2 saturated heterocycles. The number of pyridine rings is 1. The number of hydrogen-bond donors (Lipinski definition) is 2. The van der Waals surface area contributed by atoms with Crippen molar-refractivity contribution in [2.45, 2.75) is 31.7 Å². The fourth-order valence-electron chi connectivity index (χ4n) is 3.47. The molecule has 0 aromatic carbocycles. The smallest absolute Gasteiger partial charge is 0.237 e. The maximum absolute atomic E-state index is 12.1. The first-order chi connectivity index (χ1) is 11.3. The van der Waals surface area contributed by atoms with Crippen LogP contribution in [-0.2, 0) is 4.79 Å². The number of aromatic nitrogens is 1. The third-order valence-corrected chi connectivity index (χ3v) is 4.69. The largest absolute Gasteiger partial charge is 0.369 e. The van der Waals surface area contributed by atoms with E-state index in [-0.39, 0.29) is 11.9 Å². The van der Waals surface area contributed by atoms with Gasteiger partial charge < -0.3 is 15.5 Å². The standard InChI is InChI=1S/C17H23N5O/c18-10-15-16(6-2-8-20-15)22-9-3-4-13(12-22)11-21-17(23)14-5-1-7-19-14/h2,6,8,13-14,19H,1,3-5,7,9,11-12H2,(H,21,23). The van der Waals surface area contributed by atoms with Crippen LogP contribution >= 0.6 is 0 Å². The van der Waals surface area contributed by atoms with Crippen molar-refractivity contribution >= 4 is 11.6 Å². The number of nitrogens with zero attached hydrogens (tertiary/aromatic N) is 3. The molecular weight excluding hydrogens is 290 g/mol. The van der Waals surface area contributed by atoms with Gasteiger partial charge in [-0.3, -0.25) is 4.79 Å². The van der Waals surface area contributed by atoms with Crippen molar-refractivity contribution < 1.29 is 4.79 Å². The Morgan fingerprint density at radius 1 is 1.48 bits per heavy atom. The van der Waals surface area contributed by atoms with Crippen molar-refractivity contribution in [1.82, 2.24) is 15.6 Å². The number of anilines is 1. The number of carbonyl (C=O) groups excluding carboxylic acids is 1. The van der Waals surface area contributed by atoms with E-state index in [4.69, 9.17) is 0 Å². The summed E-state index contributed by atoms with van der Waals surface area (Å²) in [5.74, 6) is 0.541. The Morgan fingerprint density at radius 3 is 3.17 bits per heavy atom. The molecule has 0 radical (unpaired) electrons. The molecule has 2 fully saturated rings. The van der Waals surface area contributed by atoms with Gasteiger partial charge in [0.05, 0.1) is 11.7 Å². The maximum Gasteiger partial charge on any atom is 0.237 e. The van der Waals surface area contributed by atoms with Crippen LogP contribution in [0.25, 0.3) is 0 Å². The molecule has 2 aliphatic heterocycles. The average Bonchev–Trinajstić information content (AvgIpc) is 3.14. The summed E-state index contributed by atoms with van der Waals surface area (Å²) in [6.07, 6.45) is 5.84. The monoisotopic (exact) mass is 313 g/mol. The van der Waals surface area contributed by atoms with Crippen molar-refractivity contribution in [3.63, 3.8) is 0 Å². The van der Waals surface area contributed by atoms with Crippen LogP contribution in [0, 0.1) is 17.2 Å². The zero-order valence-electron chi connectivity index (χ0n) is 13.3. The van der Waals surface area contributed by atoms with Crippen LogP contribution in [0.15, 0.2) is 18.3 Å². The Kier molecular flexibility index (Phi) is 5.09. The number of nitrogens with one attached hydrogen (secondary N) is 2. The Balaban J connectivity index is 1.56. The predicted molar refractivity (Wildman–Crippen MR) is 87.9 cm³/mol. The second kappa shape index (κ2) is 7.42. The Hall–Kier alpha value is -2.13. The summed E-state index contributed by atoms with van der Waals surface area (Å²) in [6, 6.07) is 5.97. The SMILES string of the molecule is N#Cc1ncccc1N1CCCC(CNC(=O)C2CCCN2)C1. The molecule has 2 unspecified atom stereocenters. The molecule has 0 bridgehead atoms. The molecule has 122 valence electrons. The highest BCUT2D eigenvalue weighted by molar-refractivity contribution is 5.82. The van der Waals surface area contributed by atoms with Gasteiger partial charge >= 0.3 is 0 Å². The highest BCUT2D eigenvalue weighted by Gasteiger charge is 2.25. The Morgan fingerprint density at radius 2 is 2.39 bits per heavy atom. The fourth-order valence-corrected chi connectivity index (χ4v) is 3.47. The number of amides is 1. The van der Waals surface area contributed by atoms with Crippen LogP contribution in [0.2, 0.25) is 0 Å². The van der Waals surface area contributed by atoms with Crippen molar-refractivity contribution in [1.29, 1.82) is 5.26 Å². The predicted octanol–water partition coefficient (Wildman–Crippen LogP) is 1.04. The molecule has 0 aliphatic carbocycles. The summed E-state index contributed by atoms with van der Waals surface area (Å²) in [5.41, 5.74) is 1.39. The minimum Gasteiger partial charge on any atom is -0.369 e. The van der Waals surface area contributed by atoms with Gasteiger partial charge in [-0.05, 0) is 50.3 Å². The number of hydrogen-bond acceptors (Lipinski definition) is 5. The van der Waals surface area contributed by atoms with E-state index in [0.29, 0.717) is 18.2 Å². The van der Waals surface area contributed by atoms with E-state index >= 15 is 0 Å². The molecular formula is C17H23N5O. The lowest BCUT2D eigenvalue weighted by atomic mass is 9.97. The van der Waals surface area contributed by atoms with Crippen molar-refractivity contribution in [3.05, 3.63) is 24.0 Å². The molecule has 0 saturated carbocycles. The van der Waals surface area contributed by atoms with E-state index < -0.39 is 0 Å². The highest BCUT2D eigenvalue weighted by atomic mass is 16.2. The molecule has 0 spiro atoms. The van der Waals surface area contributed by atoms with Crippen molar-refractivity contribution in [2.75, 3.05) is 31.1 Å². The minimum absolute atomic E-state index is 0.0155. The normalized spacial score (nSPS) is 24.2. The summed E-state index contributed by atoms with van der Waals surface area (Å²) in [4.78, 5) is 18.5. The van der Waals surface area contributed by atoms with Gasteiger partial charge in [-0.1, -0.05) is 0 Å². The molecule has 1 aromatic heterocycles. The molecule has 6 nitrogen and oxygen atoms in total. The number of nitriles is 1. The Labute approximate surface area is 136 Å². The van der Waals surface area contributed by atoms with Gasteiger partial charge in [-0.15, -0.1) is 0 Å². The molecule has 1 aromatic rings. The number of carbonyl (C=O) groups is 1. The second-order valence-electron chi connectivity index (χ2n) is 6.33. The zero-order valence-corrected chi connectivity index (χ0v) is 13.3. The molecule has 23 heavy (non-hydrogen) atoms. The lowest BCUT2D eigenvalue weighted by Gasteiger charge is -2.34. The topological polar surface area (TPSA) is 81.1 Å². The van der Waals surface area contributed by atoms with Crippen LogP contribution in [0.1, 0.15) is 31.4 Å². The molecule has 2 atom stereocenters. The van der Waals surface area contributed by atoms with E-state index in [9.17, 15) is 10.1 Å². The van der Waals surface area contributed by atoms with Gasteiger partial charge in [0.15, 0.2) is 5.69 Å². The second-order valence-corrected chi connectivity index (χ2v) is 6.33. The average molecular weight is 313 g/mol. The first-order valence-electron chi connectivity index (χ1n) is 8.39. The van der Waals surface area contributed by atoms with Crippen molar-refractivity contribution in [3.8, 4) is 6.07 Å². The highest BCUT2D eigenvalue weighted by Crippen LogP contribution is 2.24. The van der Waals surface area contributed by atoms with E-state index in [1.807, 2.05) is 12.1 Å². The third-order valence-electron chi connectivity index (χ3n) is 4.69. The van der Waals surface area contributed by atoms with E-state index in [2.05, 4.69) is 26.6 Å². The summed E-state index contributed by atoms with van der Waals surface area (Å²) >= 11 is 0. The molecule has 2 N–H and O–H groups in total. The van der Waals surface area contributed by atoms with Crippen LogP contribution in [0.4, 0.5) is 5.69 Å². The lowest BCUT2D eigenvalue weighted by Crippen LogP contribution is -2.45. The van der Waals surface area contributed by atoms with Gasteiger partial charge in [-0.2, -0.15) is 5.26 Å². The van der Waals surface area contributed by atoms with E-state index in [1.54, 1.807) is 6.20 Å². The van der Waals surface area contributed by atoms with Gasteiger partial charge in [0.1, 0.15) is 6.07 Å². The number of rotatable bonds is 4. The first-order valence-corrected chi connectivity index (χ1v) is 8.39. The number of piperidine rings is 1. The van der Waals surface area contributed by atoms with Crippen molar-refractivity contribution in [2.24, 2.45) is 5.92 Å². The van der Waals surface area contributed by atoms with Gasteiger partial charge in [0, 0.05) is 25.8 Å². The lowest BCUT2D eigenvalue weighted by molar-refractivity contribution is -0.122. The van der Waals surface area contributed by atoms with Gasteiger partial charge in [0.2, 0.25) is 5.91 Å². The van der Waals surface area contributed by atoms with Gasteiger partial charge in [0.25, 0.3) is 0 Å². The molecule has 1 amide bonds. The van der Waals surface area contributed by atoms with Crippen LogP contribution in [0.3, 0.4) is 0 Å². The minimum atomic E-state index is -0.0155. The van der Waals surface area contributed by atoms with Crippen LogP contribution < -0.4 is 15.5 Å². The molecule has 3 heterocycles. The molecule has 2 aliphatic rings. The zero-order chi connectivity index (χ0) is 16.1. The Bertz CT molecular complexity index is 591. The van der Waals surface area contributed by atoms with E-state index in [1.165, 1.54) is 0 Å². The van der Waals surface area contributed by atoms with E-state index in [0.717, 1.165) is 51.0 Å². The fraction of sp³-hybridized carbons (Fsp3) is 0.588. The van der Waals surface area contributed by atoms with Crippen LogP contribution in [0.5, 0.6) is 0 Å². The summed E-state index contributed by atoms with van der Waals surface area (Å²) < 4.78 is 0. The molecule has 3 rings (SSSR count). The maximum atomic E-state index is 12.1. The summed E-state index contributed by atoms with van der Waals surface area (Å²) in [5, 5.41) is 15.5. The van der Waals surface area contributed by atoms with Crippen LogP contribution in [-0.4, -0.2) is 43.1 Å². The third kappa shape index (κ3) is 3.80. The molecule has 6 heteroatoms. The quantitative estimate of drug-likeness (QED) is 0.868.